The lowest BCUT2D eigenvalue weighted by Gasteiger charge is -2.20. The number of likely N-dealkylation sites (N-methyl/N-ethyl adjacent to an activating group) is 1. The third kappa shape index (κ3) is 4.88. The molecule has 0 aliphatic heterocycles. The molecule has 1 unspecified atom stereocenters. The topological polar surface area (TPSA) is 29.3 Å². The van der Waals surface area contributed by atoms with Gasteiger partial charge in [-0.25, -0.2) is 0 Å². The highest BCUT2D eigenvalue weighted by atomic mass is 15.1. The summed E-state index contributed by atoms with van der Waals surface area (Å²) in [5.41, 5.74) is 8.82. The highest BCUT2D eigenvalue weighted by Crippen LogP contribution is 2.14. The van der Waals surface area contributed by atoms with Gasteiger partial charge in [0.15, 0.2) is 0 Å². The van der Waals surface area contributed by atoms with Crippen LogP contribution < -0.4 is 5.73 Å². The van der Waals surface area contributed by atoms with E-state index in [1.54, 1.807) is 0 Å². The minimum atomic E-state index is 0.119. The van der Waals surface area contributed by atoms with Gasteiger partial charge in [0.1, 0.15) is 0 Å². The Hall–Kier alpha value is -0.860. The molecular formula is C15H26N2. The van der Waals surface area contributed by atoms with Crippen LogP contribution in [0, 0.1) is 5.92 Å². The third-order valence-corrected chi connectivity index (χ3v) is 3.10. The van der Waals surface area contributed by atoms with Crippen LogP contribution >= 0.6 is 0 Å². The minimum absolute atomic E-state index is 0.119. The first-order chi connectivity index (χ1) is 8.02. The number of nitrogens with two attached hydrogens (primary N) is 1. The van der Waals surface area contributed by atoms with Gasteiger partial charge in [-0.05, 0) is 37.1 Å². The summed E-state index contributed by atoms with van der Waals surface area (Å²) in [4.78, 5) is 2.24. The summed E-state index contributed by atoms with van der Waals surface area (Å²) < 4.78 is 0. The van der Waals surface area contributed by atoms with E-state index < -0.39 is 0 Å². The van der Waals surface area contributed by atoms with Gasteiger partial charge < -0.3 is 10.6 Å². The Balaban J connectivity index is 2.60. The van der Waals surface area contributed by atoms with Crippen LogP contribution in [0.15, 0.2) is 24.3 Å². The number of rotatable bonds is 6. The molecule has 96 valence electrons. The van der Waals surface area contributed by atoms with E-state index in [9.17, 15) is 0 Å². The quantitative estimate of drug-likeness (QED) is 0.820. The van der Waals surface area contributed by atoms with Crippen LogP contribution in [-0.2, 0) is 6.42 Å². The maximum absolute atomic E-state index is 6.18. The van der Waals surface area contributed by atoms with Crippen molar-refractivity contribution in [2.75, 3.05) is 20.1 Å². The van der Waals surface area contributed by atoms with Crippen LogP contribution in [0.5, 0.6) is 0 Å². The molecule has 0 saturated heterocycles. The minimum Gasteiger partial charge on any atom is -0.323 e. The second-order valence-electron chi connectivity index (χ2n) is 5.30. The number of benzene rings is 1. The Morgan fingerprint density at radius 3 is 2.24 bits per heavy atom. The Morgan fingerprint density at radius 2 is 1.76 bits per heavy atom. The molecule has 0 heterocycles. The van der Waals surface area contributed by atoms with Crippen LogP contribution in [-0.4, -0.2) is 25.0 Å². The van der Waals surface area contributed by atoms with Gasteiger partial charge in [-0.1, -0.05) is 45.0 Å². The molecular weight excluding hydrogens is 208 g/mol. The second-order valence-corrected chi connectivity index (χ2v) is 5.30. The zero-order chi connectivity index (χ0) is 12.8. The maximum atomic E-state index is 6.18. The van der Waals surface area contributed by atoms with E-state index in [2.05, 4.69) is 57.0 Å². The summed E-state index contributed by atoms with van der Waals surface area (Å²) >= 11 is 0. The average molecular weight is 234 g/mol. The molecule has 0 fully saturated rings. The van der Waals surface area contributed by atoms with Crippen LogP contribution in [0.4, 0.5) is 0 Å². The average Bonchev–Trinajstić information content (AvgIpc) is 2.28. The Bertz CT molecular complexity index is 316. The van der Waals surface area contributed by atoms with E-state index in [1.807, 2.05) is 0 Å². The smallest absolute Gasteiger partial charge is 0.0424 e. The van der Waals surface area contributed by atoms with Crippen LogP contribution in [0.2, 0.25) is 0 Å². The number of hydrogen-bond acceptors (Lipinski definition) is 2. The van der Waals surface area contributed by atoms with Crippen molar-refractivity contribution in [3.8, 4) is 0 Å². The van der Waals surface area contributed by atoms with E-state index in [0.717, 1.165) is 19.5 Å². The first kappa shape index (κ1) is 14.2. The molecule has 1 aromatic carbocycles. The molecule has 17 heavy (non-hydrogen) atoms. The second kappa shape index (κ2) is 6.77. The molecule has 0 saturated carbocycles. The van der Waals surface area contributed by atoms with Crippen LogP contribution in [0.3, 0.4) is 0 Å². The molecule has 1 aromatic rings. The lowest BCUT2D eigenvalue weighted by atomic mass is 9.99. The fourth-order valence-corrected chi connectivity index (χ4v) is 1.94. The predicted molar refractivity (Wildman–Crippen MR) is 75.1 cm³/mol. The molecule has 2 heteroatoms. The van der Waals surface area contributed by atoms with Gasteiger partial charge in [0.2, 0.25) is 0 Å². The largest absolute Gasteiger partial charge is 0.323 e. The molecule has 0 bridgehead atoms. The monoisotopic (exact) mass is 234 g/mol. The Morgan fingerprint density at radius 1 is 1.18 bits per heavy atom. The van der Waals surface area contributed by atoms with Gasteiger partial charge in [0, 0.05) is 12.6 Å². The molecule has 0 spiro atoms. The highest BCUT2D eigenvalue weighted by Gasteiger charge is 2.08. The molecule has 0 aromatic heterocycles. The Kier molecular flexibility index (Phi) is 5.66. The van der Waals surface area contributed by atoms with Crippen molar-refractivity contribution in [3.05, 3.63) is 35.4 Å². The van der Waals surface area contributed by atoms with Crippen LogP contribution in [0.25, 0.3) is 0 Å². The lowest BCUT2D eigenvalue weighted by Crippen LogP contribution is -2.28. The Labute approximate surface area is 106 Å². The summed E-state index contributed by atoms with van der Waals surface area (Å²) in [6.07, 6.45) is 1.14. The van der Waals surface area contributed by atoms with Gasteiger partial charge in [0.05, 0.1) is 0 Å². The van der Waals surface area contributed by atoms with Crippen molar-refractivity contribution in [3.63, 3.8) is 0 Å². The fraction of sp³-hybridized carbons (Fsp3) is 0.600. The number of hydrogen-bond donors (Lipinski definition) is 1. The van der Waals surface area contributed by atoms with E-state index >= 15 is 0 Å². The molecule has 1 rings (SSSR count). The van der Waals surface area contributed by atoms with Crippen molar-refractivity contribution in [2.45, 2.75) is 33.2 Å². The van der Waals surface area contributed by atoms with Gasteiger partial charge in [-0.2, -0.15) is 0 Å². The van der Waals surface area contributed by atoms with Crippen molar-refractivity contribution >= 4 is 0 Å². The summed E-state index contributed by atoms with van der Waals surface area (Å²) in [7, 11) is 2.10. The summed E-state index contributed by atoms with van der Waals surface area (Å²) in [6, 6.07) is 8.88. The summed E-state index contributed by atoms with van der Waals surface area (Å²) in [6.45, 7) is 8.60. The molecule has 2 nitrogen and oxygen atoms in total. The van der Waals surface area contributed by atoms with E-state index in [1.165, 1.54) is 11.1 Å². The summed E-state index contributed by atoms with van der Waals surface area (Å²) in [5.74, 6) is 0.709. The normalized spacial score (nSPS) is 13.4. The van der Waals surface area contributed by atoms with E-state index in [-0.39, 0.29) is 6.04 Å². The zero-order valence-corrected chi connectivity index (χ0v) is 11.6. The molecule has 2 N–H and O–H groups in total. The molecule has 1 atom stereocenters. The van der Waals surface area contributed by atoms with Crippen molar-refractivity contribution < 1.29 is 0 Å². The number of nitrogens with zero attached hydrogens (tertiary/aromatic N) is 1. The molecule has 0 radical (unpaired) electrons. The molecule has 0 amide bonds. The van der Waals surface area contributed by atoms with Gasteiger partial charge in [-0.3, -0.25) is 0 Å². The maximum Gasteiger partial charge on any atom is 0.0424 e. The van der Waals surface area contributed by atoms with E-state index in [0.29, 0.717) is 5.92 Å². The fourth-order valence-electron chi connectivity index (χ4n) is 1.94. The first-order valence-corrected chi connectivity index (χ1v) is 6.55. The van der Waals surface area contributed by atoms with Gasteiger partial charge >= 0.3 is 0 Å². The van der Waals surface area contributed by atoms with Crippen LogP contribution in [0.1, 0.15) is 37.9 Å². The standard InChI is InChI=1S/C15H26N2/c1-5-17(4)11-15(16)14-8-6-13(7-9-14)10-12(2)3/h6-9,12,15H,5,10-11,16H2,1-4H3. The third-order valence-electron chi connectivity index (χ3n) is 3.10. The van der Waals surface area contributed by atoms with Crippen molar-refractivity contribution in [1.29, 1.82) is 0 Å². The van der Waals surface area contributed by atoms with Gasteiger partial charge in [0.25, 0.3) is 0 Å². The van der Waals surface area contributed by atoms with E-state index in [4.69, 9.17) is 5.73 Å². The molecule has 0 aliphatic carbocycles. The van der Waals surface area contributed by atoms with Gasteiger partial charge in [-0.15, -0.1) is 0 Å². The lowest BCUT2D eigenvalue weighted by molar-refractivity contribution is 0.329. The first-order valence-electron chi connectivity index (χ1n) is 6.55. The molecule has 0 aliphatic rings. The zero-order valence-electron chi connectivity index (χ0n) is 11.6. The highest BCUT2D eigenvalue weighted by molar-refractivity contribution is 5.25. The predicted octanol–water partition coefficient (Wildman–Crippen LogP) is 2.84. The SMILES string of the molecule is CCN(C)CC(N)c1ccc(CC(C)C)cc1. The van der Waals surface area contributed by atoms with Crippen molar-refractivity contribution in [1.82, 2.24) is 4.90 Å². The van der Waals surface area contributed by atoms with Crippen molar-refractivity contribution in [2.24, 2.45) is 11.7 Å². The summed E-state index contributed by atoms with van der Waals surface area (Å²) in [5, 5.41) is 0.